The average molecular weight is 277 g/mol. The van der Waals surface area contributed by atoms with Gasteiger partial charge >= 0.3 is 0 Å². The van der Waals surface area contributed by atoms with E-state index in [0.717, 1.165) is 18.4 Å². The number of nitrogens with zero attached hydrogens (tertiary/aromatic N) is 1. The van der Waals surface area contributed by atoms with E-state index >= 15 is 0 Å². The maximum atomic E-state index is 12.0. The van der Waals surface area contributed by atoms with E-state index in [-0.39, 0.29) is 17.9 Å². The summed E-state index contributed by atoms with van der Waals surface area (Å²) in [5.41, 5.74) is 3.30. The van der Waals surface area contributed by atoms with E-state index in [0.29, 0.717) is 13.0 Å². The molecule has 6 heteroatoms. The maximum absolute atomic E-state index is 12.0. The number of hydrogen-bond acceptors (Lipinski definition) is 4. The van der Waals surface area contributed by atoms with Gasteiger partial charge in [0, 0.05) is 18.9 Å². The van der Waals surface area contributed by atoms with Crippen LogP contribution >= 0.6 is 0 Å². The number of carbonyl (C=O) groups is 2. The van der Waals surface area contributed by atoms with Crippen molar-refractivity contribution in [2.75, 3.05) is 6.54 Å². The van der Waals surface area contributed by atoms with Gasteiger partial charge in [-0.1, -0.05) is 6.42 Å². The molecule has 0 bridgehead atoms. The molecule has 2 rings (SSSR count). The molecule has 2 N–H and O–H groups in total. The first-order chi connectivity index (χ1) is 9.68. The Labute approximate surface area is 117 Å². The molecule has 2 amide bonds. The first-order valence-corrected chi connectivity index (χ1v) is 6.81. The van der Waals surface area contributed by atoms with Crippen molar-refractivity contribution in [3.63, 3.8) is 0 Å². The number of hydroxylamine groups is 1. The normalized spacial score (nSPS) is 20.6. The Morgan fingerprint density at radius 3 is 2.95 bits per heavy atom. The fourth-order valence-corrected chi connectivity index (χ4v) is 2.11. The van der Waals surface area contributed by atoms with Gasteiger partial charge in [-0.05, 0) is 37.5 Å². The molecular formula is C14H19N3O3. The Hall–Kier alpha value is -1.95. The number of aromatic nitrogens is 1. The third-order valence-electron chi connectivity index (χ3n) is 3.36. The second-order valence-corrected chi connectivity index (χ2v) is 4.85. The third kappa shape index (κ3) is 3.77. The molecule has 0 radical (unpaired) electrons. The molecule has 0 aromatic carbocycles. The SMILES string of the molecule is C[C@H](ONC(=O)C1CCCCNC1=O)c1ccncc1. The average Bonchev–Trinajstić information content (AvgIpc) is 2.70. The van der Waals surface area contributed by atoms with Crippen LogP contribution in [0, 0.1) is 5.92 Å². The van der Waals surface area contributed by atoms with E-state index in [1.807, 2.05) is 19.1 Å². The lowest BCUT2D eigenvalue weighted by Crippen LogP contribution is -2.40. The highest BCUT2D eigenvalue weighted by Gasteiger charge is 2.28. The van der Waals surface area contributed by atoms with Crippen molar-refractivity contribution in [2.24, 2.45) is 5.92 Å². The Bertz CT molecular complexity index is 464. The lowest BCUT2D eigenvalue weighted by molar-refractivity contribution is -0.147. The van der Waals surface area contributed by atoms with E-state index in [2.05, 4.69) is 15.8 Å². The molecule has 0 saturated carbocycles. The minimum Gasteiger partial charge on any atom is -0.355 e. The molecule has 1 aromatic heterocycles. The molecule has 1 aromatic rings. The molecule has 20 heavy (non-hydrogen) atoms. The number of hydrogen-bond donors (Lipinski definition) is 2. The van der Waals surface area contributed by atoms with E-state index < -0.39 is 5.92 Å². The molecule has 2 heterocycles. The molecule has 108 valence electrons. The zero-order chi connectivity index (χ0) is 14.4. The van der Waals surface area contributed by atoms with Crippen LogP contribution in [0.2, 0.25) is 0 Å². The lowest BCUT2D eigenvalue weighted by atomic mass is 10.0. The Kier molecular flexibility index (Phi) is 5.06. The first-order valence-electron chi connectivity index (χ1n) is 6.81. The molecule has 6 nitrogen and oxygen atoms in total. The fourth-order valence-electron chi connectivity index (χ4n) is 2.11. The lowest BCUT2D eigenvalue weighted by Gasteiger charge is -2.16. The minimum absolute atomic E-state index is 0.222. The summed E-state index contributed by atoms with van der Waals surface area (Å²) in [5, 5.41) is 2.73. The van der Waals surface area contributed by atoms with Gasteiger partial charge in [0.2, 0.25) is 5.91 Å². The van der Waals surface area contributed by atoms with Crippen LogP contribution in [0.15, 0.2) is 24.5 Å². The van der Waals surface area contributed by atoms with E-state index in [9.17, 15) is 9.59 Å². The summed E-state index contributed by atoms with van der Waals surface area (Å²) < 4.78 is 0. The molecular weight excluding hydrogens is 258 g/mol. The smallest absolute Gasteiger partial charge is 0.256 e. The van der Waals surface area contributed by atoms with Crippen LogP contribution in [0.4, 0.5) is 0 Å². The summed E-state index contributed by atoms with van der Waals surface area (Å²) in [6.07, 6.45) is 5.35. The third-order valence-corrected chi connectivity index (χ3v) is 3.36. The van der Waals surface area contributed by atoms with Gasteiger partial charge < -0.3 is 5.32 Å². The Balaban J connectivity index is 1.86. The summed E-state index contributed by atoms with van der Waals surface area (Å²) in [7, 11) is 0. The highest BCUT2D eigenvalue weighted by Crippen LogP contribution is 2.16. The Morgan fingerprint density at radius 1 is 1.45 bits per heavy atom. The van der Waals surface area contributed by atoms with Crippen molar-refractivity contribution in [3.05, 3.63) is 30.1 Å². The predicted octanol–water partition coefficient (Wildman–Crippen LogP) is 1.11. The van der Waals surface area contributed by atoms with Crippen molar-refractivity contribution in [2.45, 2.75) is 32.3 Å². The number of carbonyl (C=O) groups excluding carboxylic acids is 2. The highest BCUT2D eigenvalue weighted by atomic mass is 16.7. The van der Waals surface area contributed by atoms with Gasteiger partial charge in [-0.2, -0.15) is 0 Å². The van der Waals surface area contributed by atoms with Crippen LogP contribution in [0.3, 0.4) is 0 Å². The zero-order valence-electron chi connectivity index (χ0n) is 11.5. The summed E-state index contributed by atoms with van der Waals surface area (Å²) in [6, 6.07) is 3.63. The predicted molar refractivity (Wildman–Crippen MR) is 72.2 cm³/mol. The minimum atomic E-state index is -0.665. The fraction of sp³-hybridized carbons (Fsp3) is 0.500. The summed E-state index contributed by atoms with van der Waals surface area (Å²) >= 11 is 0. The van der Waals surface area contributed by atoms with Crippen molar-refractivity contribution < 1.29 is 14.4 Å². The molecule has 1 unspecified atom stereocenters. The second-order valence-electron chi connectivity index (χ2n) is 4.85. The number of nitrogens with one attached hydrogen (secondary N) is 2. The van der Waals surface area contributed by atoms with E-state index in [1.165, 1.54) is 0 Å². The van der Waals surface area contributed by atoms with Gasteiger partial charge in [-0.3, -0.25) is 19.4 Å². The van der Waals surface area contributed by atoms with Crippen molar-refractivity contribution in [1.82, 2.24) is 15.8 Å². The van der Waals surface area contributed by atoms with Crippen LogP contribution in [0.5, 0.6) is 0 Å². The number of rotatable bonds is 4. The van der Waals surface area contributed by atoms with Crippen LogP contribution < -0.4 is 10.8 Å². The van der Waals surface area contributed by atoms with Crippen LogP contribution in [0.25, 0.3) is 0 Å². The monoisotopic (exact) mass is 277 g/mol. The van der Waals surface area contributed by atoms with Gasteiger partial charge in [0.1, 0.15) is 12.0 Å². The first kappa shape index (κ1) is 14.5. The zero-order valence-corrected chi connectivity index (χ0v) is 11.5. The van der Waals surface area contributed by atoms with Crippen molar-refractivity contribution >= 4 is 11.8 Å². The molecule has 0 spiro atoms. The molecule has 1 aliphatic heterocycles. The van der Waals surface area contributed by atoms with Crippen molar-refractivity contribution in [1.29, 1.82) is 0 Å². The van der Waals surface area contributed by atoms with E-state index in [4.69, 9.17) is 4.84 Å². The maximum Gasteiger partial charge on any atom is 0.256 e. The Morgan fingerprint density at radius 2 is 2.20 bits per heavy atom. The molecule has 0 aliphatic carbocycles. The topological polar surface area (TPSA) is 80.3 Å². The van der Waals surface area contributed by atoms with E-state index in [1.54, 1.807) is 12.4 Å². The molecule has 1 fully saturated rings. The summed E-state index contributed by atoms with van der Waals surface area (Å²) in [5.74, 6) is -1.27. The quantitative estimate of drug-likeness (QED) is 0.638. The van der Waals surface area contributed by atoms with Gasteiger partial charge in [0.25, 0.3) is 5.91 Å². The number of amides is 2. The van der Waals surface area contributed by atoms with Crippen LogP contribution in [-0.4, -0.2) is 23.3 Å². The van der Waals surface area contributed by atoms with Gasteiger partial charge in [-0.15, -0.1) is 0 Å². The van der Waals surface area contributed by atoms with Gasteiger partial charge in [0.15, 0.2) is 0 Å². The second kappa shape index (κ2) is 7.00. The molecule has 2 atom stereocenters. The van der Waals surface area contributed by atoms with Crippen LogP contribution in [0.1, 0.15) is 37.9 Å². The van der Waals surface area contributed by atoms with Crippen LogP contribution in [-0.2, 0) is 14.4 Å². The highest BCUT2D eigenvalue weighted by molar-refractivity contribution is 5.99. The number of pyridine rings is 1. The van der Waals surface area contributed by atoms with Gasteiger partial charge in [-0.25, -0.2) is 5.48 Å². The van der Waals surface area contributed by atoms with Gasteiger partial charge in [0.05, 0.1) is 0 Å². The largest absolute Gasteiger partial charge is 0.355 e. The van der Waals surface area contributed by atoms with Crippen molar-refractivity contribution in [3.8, 4) is 0 Å². The molecule has 1 aliphatic rings. The summed E-state index contributed by atoms with van der Waals surface area (Å²) in [6.45, 7) is 2.46. The standard InChI is InChI=1S/C14H19N3O3/c1-10(11-5-8-15-9-6-11)20-17-14(19)12-4-2-3-7-16-13(12)18/h5-6,8-10,12H,2-4,7H2,1H3,(H,16,18)(H,17,19)/t10-,12?/m0/s1. The molecule has 1 saturated heterocycles. The summed E-state index contributed by atoms with van der Waals surface area (Å²) in [4.78, 5) is 33.0.